The Hall–Kier alpha value is -0.360. The summed E-state index contributed by atoms with van der Waals surface area (Å²) in [7, 11) is 0. The Morgan fingerprint density at radius 3 is 2.41 bits per heavy atom. The number of hydrogen-bond donors (Lipinski definition) is 2. The van der Waals surface area contributed by atoms with E-state index in [1.165, 1.54) is 0 Å². The summed E-state index contributed by atoms with van der Waals surface area (Å²) in [4.78, 5) is 15.9. The van der Waals surface area contributed by atoms with Gasteiger partial charge in [0.2, 0.25) is 5.91 Å². The third-order valence-corrected chi connectivity index (χ3v) is 3.02. The summed E-state index contributed by atoms with van der Waals surface area (Å²) in [5.41, 5.74) is 5.81. The second-order valence-electron chi connectivity index (χ2n) is 4.29. The molecule has 0 bridgehead atoms. The molecule has 0 saturated carbocycles. The molecule has 1 heterocycles. The van der Waals surface area contributed by atoms with Gasteiger partial charge in [0.15, 0.2) is 0 Å². The van der Waals surface area contributed by atoms with E-state index in [0.717, 1.165) is 39.0 Å². The Bertz CT molecular complexity index is 221. The van der Waals surface area contributed by atoms with Crippen LogP contribution in [0.25, 0.3) is 0 Å². The average Bonchev–Trinajstić information content (AvgIpc) is 2.30. The van der Waals surface area contributed by atoms with Crippen molar-refractivity contribution in [2.24, 2.45) is 5.73 Å². The fraction of sp³-hybridized carbons (Fsp3) is 0.909. The number of rotatable bonds is 5. The van der Waals surface area contributed by atoms with Crippen LogP contribution in [0.15, 0.2) is 0 Å². The number of piperazine rings is 1. The monoisotopic (exact) mass is 265 g/mol. The molecule has 0 aromatic heterocycles. The highest BCUT2D eigenvalue weighted by molar-refractivity contribution is 5.85. The predicted octanol–water partition coefficient (Wildman–Crippen LogP) is -0.328. The van der Waals surface area contributed by atoms with Crippen molar-refractivity contribution >= 4 is 18.3 Å². The van der Waals surface area contributed by atoms with Gasteiger partial charge in [0.05, 0.1) is 12.6 Å². The smallest absolute Gasteiger partial charge is 0.239 e. The normalized spacial score (nSPS) is 18.6. The molecule has 5 nitrogen and oxygen atoms in total. The van der Waals surface area contributed by atoms with Gasteiger partial charge in [0, 0.05) is 32.7 Å². The molecule has 0 aromatic rings. The van der Waals surface area contributed by atoms with Crippen LogP contribution in [0.3, 0.4) is 0 Å². The van der Waals surface area contributed by atoms with Gasteiger partial charge in [-0.05, 0) is 6.42 Å². The number of hydrogen-bond acceptors (Lipinski definition) is 4. The number of amides is 1. The zero-order valence-electron chi connectivity index (χ0n) is 10.5. The molecule has 0 aliphatic carbocycles. The SMILES string of the molecule is CCCC(N)C(=O)N1CCN(CCO)CC1.Cl. The molecule has 1 amide bonds. The Labute approximate surface area is 109 Å². The van der Waals surface area contributed by atoms with Gasteiger partial charge >= 0.3 is 0 Å². The van der Waals surface area contributed by atoms with Crippen LogP contribution in [0.2, 0.25) is 0 Å². The first-order valence-corrected chi connectivity index (χ1v) is 6.06. The molecule has 1 unspecified atom stereocenters. The molecule has 1 fully saturated rings. The molecule has 1 rings (SSSR count). The molecular weight excluding hydrogens is 242 g/mol. The van der Waals surface area contributed by atoms with Gasteiger partial charge < -0.3 is 15.7 Å². The van der Waals surface area contributed by atoms with E-state index in [4.69, 9.17) is 10.8 Å². The molecular formula is C11H24ClN3O2. The summed E-state index contributed by atoms with van der Waals surface area (Å²) in [5.74, 6) is 0.0745. The fourth-order valence-electron chi connectivity index (χ4n) is 2.00. The maximum Gasteiger partial charge on any atom is 0.239 e. The number of β-amino-alcohol motifs (C(OH)–C–C–N with tert-alkyl or cyclic N) is 1. The zero-order valence-corrected chi connectivity index (χ0v) is 11.3. The lowest BCUT2D eigenvalue weighted by molar-refractivity contribution is -0.134. The van der Waals surface area contributed by atoms with Crippen molar-refractivity contribution < 1.29 is 9.90 Å². The molecule has 1 atom stereocenters. The number of nitrogens with two attached hydrogens (primary N) is 1. The van der Waals surface area contributed by atoms with Crippen LogP contribution in [-0.4, -0.2) is 66.2 Å². The second-order valence-corrected chi connectivity index (χ2v) is 4.29. The van der Waals surface area contributed by atoms with E-state index < -0.39 is 0 Å². The van der Waals surface area contributed by atoms with Gasteiger partial charge in [-0.2, -0.15) is 0 Å². The third-order valence-electron chi connectivity index (χ3n) is 3.02. The summed E-state index contributed by atoms with van der Waals surface area (Å²) in [6.07, 6.45) is 1.70. The Kier molecular flexibility index (Phi) is 8.51. The highest BCUT2D eigenvalue weighted by Crippen LogP contribution is 2.05. The Balaban J connectivity index is 0.00000256. The molecule has 1 saturated heterocycles. The number of halogens is 1. The first kappa shape index (κ1) is 16.6. The highest BCUT2D eigenvalue weighted by Gasteiger charge is 2.24. The summed E-state index contributed by atoms with van der Waals surface area (Å²) in [6.45, 7) is 6.06. The average molecular weight is 266 g/mol. The zero-order chi connectivity index (χ0) is 12.0. The minimum absolute atomic E-state index is 0. The highest BCUT2D eigenvalue weighted by atomic mass is 35.5. The van der Waals surface area contributed by atoms with E-state index in [1.54, 1.807) is 0 Å². The van der Waals surface area contributed by atoms with Crippen molar-refractivity contribution in [2.45, 2.75) is 25.8 Å². The van der Waals surface area contributed by atoms with Crippen molar-refractivity contribution in [3.8, 4) is 0 Å². The van der Waals surface area contributed by atoms with Gasteiger partial charge in [-0.1, -0.05) is 13.3 Å². The van der Waals surface area contributed by atoms with Crippen LogP contribution < -0.4 is 5.73 Å². The van der Waals surface area contributed by atoms with Crippen molar-refractivity contribution in [2.75, 3.05) is 39.3 Å². The number of carbonyl (C=O) groups is 1. The first-order valence-electron chi connectivity index (χ1n) is 6.06. The first-order chi connectivity index (χ1) is 7.69. The topological polar surface area (TPSA) is 69.8 Å². The second kappa shape index (κ2) is 8.69. The molecule has 17 heavy (non-hydrogen) atoms. The van der Waals surface area contributed by atoms with Gasteiger partial charge in [-0.25, -0.2) is 0 Å². The molecule has 0 aromatic carbocycles. The van der Waals surface area contributed by atoms with Crippen LogP contribution in [0.4, 0.5) is 0 Å². The lowest BCUT2D eigenvalue weighted by Crippen LogP contribution is -2.53. The summed E-state index contributed by atoms with van der Waals surface area (Å²) >= 11 is 0. The molecule has 0 radical (unpaired) electrons. The minimum Gasteiger partial charge on any atom is -0.395 e. The number of aliphatic hydroxyl groups is 1. The maximum atomic E-state index is 11.9. The van der Waals surface area contributed by atoms with Gasteiger partial charge in [-0.3, -0.25) is 9.69 Å². The summed E-state index contributed by atoms with van der Waals surface area (Å²) in [5, 5.41) is 8.81. The molecule has 6 heteroatoms. The van der Waals surface area contributed by atoms with Crippen molar-refractivity contribution in [3.05, 3.63) is 0 Å². The van der Waals surface area contributed by atoms with Crippen LogP contribution in [0.5, 0.6) is 0 Å². The van der Waals surface area contributed by atoms with Gasteiger partial charge in [0.1, 0.15) is 0 Å². The van der Waals surface area contributed by atoms with Gasteiger partial charge in [0.25, 0.3) is 0 Å². The van der Waals surface area contributed by atoms with E-state index in [1.807, 2.05) is 11.8 Å². The number of aliphatic hydroxyl groups excluding tert-OH is 1. The van der Waals surface area contributed by atoms with Crippen LogP contribution >= 0.6 is 12.4 Å². The van der Waals surface area contributed by atoms with Crippen molar-refractivity contribution in [1.82, 2.24) is 9.80 Å². The van der Waals surface area contributed by atoms with E-state index in [0.29, 0.717) is 6.54 Å². The molecule has 0 spiro atoms. The van der Waals surface area contributed by atoms with Crippen molar-refractivity contribution in [1.29, 1.82) is 0 Å². The molecule has 1 aliphatic rings. The Morgan fingerprint density at radius 1 is 1.35 bits per heavy atom. The number of nitrogens with zero attached hydrogens (tertiary/aromatic N) is 2. The summed E-state index contributed by atoms with van der Waals surface area (Å²) < 4.78 is 0. The largest absolute Gasteiger partial charge is 0.395 e. The van der Waals surface area contributed by atoms with E-state index in [-0.39, 0.29) is 31.0 Å². The lowest BCUT2D eigenvalue weighted by Gasteiger charge is -2.35. The quantitative estimate of drug-likeness (QED) is 0.714. The maximum absolute atomic E-state index is 11.9. The summed E-state index contributed by atoms with van der Waals surface area (Å²) in [6, 6.07) is -0.339. The minimum atomic E-state index is -0.339. The van der Waals surface area contributed by atoms with Gasteiger partial charge in [-0.15, -0.1) is 12.4 Å². The van der Waals surface area contributed by atoms with Crippen molar-refractivity contribution in [3.63, 3.8) is 0 Å². The third kappa shape index (κ3) is 5.21. The van der Waals surface area contributed by atoms with Crippen LogP contribution in [0.1, 0.15) is 19.8 Å². The lowest BCUT2D eigenvalue weighted by atomic mass is 10.1. The predicted molar refractivity (Wildman–Crippen MR) is 70.2 cm³/mol. The van der Waals surface area contributed by atoms with E-state index in [2.05, 4.69) is 4.90 Å². The van der Waals surface area contributed by atoms with Crippen LogP contribution in [-0.2, 0) is 4.79 Å². The molecule has 1 aliphatic heterocycles. The van der Waals surface area contributed by atoms with Crippen LogP contribution in [0, 0.1) is 0 Å². The van der Waals surface area contributed by atoms with E-state index in [9.17, 15) is 4.79 Å². The Morgan fingerprint density at radius 2 is 1.94 bits per heavy atom. The molecule has 3 N–H and O–H groups in total. The molecule has 102 valence electrons. The fourth-order valence-corrected chi connectivity index (χ4v) is 2.00. The number of carbonyl (C=O) groups excluding carboxylic acids is 1. The standard InChI is InChI=1S/C11H23N3O2.ClH/c1-2-3-10(12)11(16)14-6-4-13(5-7-14)8-9-15;/h10,15H,2-9,12H2,1H3;1H. The van der Waals surface area contributed by atoms with E-state index >= 15 is 0 Å².